The van der Waals surface area contributed by atoms with E-state index in [1.54, 1.807) is 0 Å². The van der Waals surface area contributed by atoms with Crippen LogP contribution in [-0.2, 0) is 14.3 Å². The number of carbonyl (C=O) groups is 3. The molecule has 1 atom stereocenters. The second-order valence-electron chi connectivity index (χ2n) is 2.81. The quantitative estimate of drug-likeness (QED) is 0.499. The van der Waals surface area contributed by atoms with Crippen molar-refractivity contribution in [2.24, 2.45) is 0 Å². The molecule has 0 aliphatic heterocycles. The van der Waals surface area contributed by atoms with Gasteiger partial charge in [0.25, 0.3) is 0 Å². The molecule has 16 heavy (non-hydrogen) atoms. The third-order valence-corrected chi connectivity index (χ3v) is 1.55. The largest absolute Gasteiger partial charge is 0.481 e. The summed E-state index contributed by atoms with van der Waals surface area (Å²) in [5, 5.41) is 19.1. The highest BCUT2D eigenvalue weighted by Crippen LogP contribution is 1.95. The Morgan fingerprint density at radius 3 is 2.50 bits per heavy atom. The second kappa shape index (κ2) is 7.41. The molecule has 0 bridgehead atoms. The molecule has 90 valence electrons. The first-order chi connectivity index (χ1) is 7.51. The number of carboxylic acids is 1. The van der Waals surface area contributed by atoms with E-state index in [-0.39, 0.29) is 6.61 Å². The summed E-state index contributed by atoms with van der Waals surface area (Å²) in [6.45, 7) is 2.40. The molecule has 0 fully saturated rings. The molecule has 0 spiro atoms. The molecule has 7 heteroatoms. The van der Waals surface area contributed by atoms with Gasteiger partial charge in [-0.1, -0.05) is 12.7 Å². The van der Waals surface area contributed by atoms with Gasteiger partial charge in [0.15, 0.2) is 5.78 Å². The van der Waals surface area contributed by atoms with E-state index in [2.05, 4.69) is 11.3 Å². The summed E-state index contributed by atoms with van der Waals surface area (Å²) in [5.41, 5.74) is 0. The number of aliphatic hydroxyl groups excluding tert-OH is 1. The molecular weight excluding hydrogens is 218 g/mol. The van der Waals surface area contributed by atoms with Crippen LogP contribution in [-0.4, -0.2) is 47.3 Å². The number of hydrogen-bond acceptors (Lipinski definition) is 5. The van der Waals surface area contributed by atoms with Gasteiger partial charge in [-0.2, -0.15) is 0 Å². The Bertz CT molecular complexity index is 288. The Morgan fingerprint density at radius 2 is 2.06 bits per heavy atom. The van der Waals surface area contributed by atoms with Gasteiger partial charge in [-0.15, -0.1) is 0 Å². The van der Waals surface area contributed by atoms with Crippen LogP contribution in [0, 0.1) is 0 Å². The number of hydrogen-bond donors (Lipinski definition) is 3. The van der Waals surface area contributed by atoms with Crippen molar-refractivity contribution in [1.29, 1.82) is 0 Å². The predicted molar refractivity (Wildman–Crippen MR) is 52.8 cm³/mol. The smallest absolute Gasteiger partial charge is 0.408 e. The second-order valence-corrected chi connectivity index (χ2v) is 2.81. The minimum atomic E-state index is -1.29. The van der Waals surface area contributed by atoms with Gasteiger partial charge in [0.1, 0.15) is 19.3 Å². The van der Waals surface area contributed by atoms with Gasteiger partial charge in [-0.3, -0.25) is 9.59 Å². The summed E-state index contributed by atoms with van der Waals surface area (Å²) in [5.74, 6) is -2.06. The van der Waals surface area contributed by atoms with E-state index in [0.29, 0.717) is 0 Å². The molecule has 0 unspecified atom stereocenters. The number of Topliss-reactive ketones (excluding diaryl/α,β-unsaturated/α-hetero) is 1. The standard InChI is InChI=1S/C9H13NO6/c1-2-3-16-9(15)10-6(4-8(13)14)7(12)5-11/h2,6,11H,1,3-5H2,(H,10,15)(H,13,14)/t6-/m0/s1. The molecule has 0 aromatic rings. The van der Waals surface area contributed by atoms with Gasteiger partial charge in [0, 0.05) is 0 Å². The lowest BCUT2D eigenvalue weighted by atomic mass is 10.1. The first-order valence-corrected chi connectivity index (χ1v) is 4.40. The van der Waals surface area contributed by atoms with Crippen LogP contribution in [0.1, 0.15) is 6.42 Å². The molecule has 0 aliphatic carbocycles. The van der Waals surface area contributed by atoms with E-state index in [1.165, 1.54) is 6.08 Å². The summed E-state index contributed by atoms with van der Waals surface area (Å²) in [6.07, 6.45) is -0.227. The molecular formula is C9H13NO6. The van der Waals surface area contributed by atoms with Crippen molar-refractivity contribution in [3.05, 3.63) is 12.7 Å². The van der Waals surface area contributed by atoms with Crippen LogP contribution in [0.4, 0.5) is 4.79 Å². The summed E-state index contributed by atoms with van der Waals surface area (Å²) in [6, 6.07) is -1.29. The van der Waals surface area contributed by atoms with Crippen LogP contribution in [0.3, 0.4) is 0 Å². The van der Waals surface area contributed by atoms with Crippen molar-refractivity contribution >= 4 is 17.8 Å². The molecule has 1 amide bonds. The predicted octanol–water partition coefficient (Wildman–Crippen LogP) is -0.697. The average Bonchev–Trinajstić information content (AvgIpc) is 2.23. The van der Waals surface area contributed by atoms with E-state index >= 15 is 0 Å². The van der Waals surface area contributed by atoms with Crippen LogP contribution in [0.25, 0.3) is 0 Å². The van der Waals surface area contributed by atoms with Gasteiger partial charge >= 0.3 is 12.1 Å². The highest BCUT2D eigenvalue weighted by Gasteiger charge is 2.23. The first kappa shape index (κ1) is 14.1. The van der Waals surface area contributed by atoms with Crippen LogP contribution in [0.15, 0.2) is 12.7 Å². The van der Waals surface area contributed by atoms with E-state index in [4.69, 9.17) is 10.2 Å². The van der Waals surface area contributed by atoms with Crippen molar-refractivity contribution in [2.75, 3.05) is 13.2 Å². The maximum Gasteiger partial charge on any atom is 0.408 e. The van der Waals surface area contributed by atoms with Crippen molar-refractivity contribution in [2.45, 2.75) is 12.5 Å². The Morgan fingerprint density at radius 1 is 1.44 bits per heavy atom. The Kier molecular flexibility index (Phi) is 6.53. The molecule has 0 radical (unpaired) electrons. The zero-order valence-corrected chi connectivity index (χ0v) is 8.51. The molecule has 0 saturated heterocycles. The Hall–Kier alpha value is -1.89. The number of ether oxygens (including phenoxy) is 1. The van der Waals surface area contributed by atoms with Gasteiger partial charge in [0.2, 0.25) is 0 Å². The van der Waals surface area contributed by atoms with Crippen LogP contribution in [0.2, 0.25) is 0 Å². The minimum absolute atomic E-state index is 0.0566. The first-order valence-electron chi connectivity index (χ1n) is 4.40. The number of amides is 1. The van der Waals surface area contributed by atoms with Crippen LogP contribution < -0.4 is 5.32 Å². The van der Waals surface area contributed by atoms with E-state index in [9.17, 15) is 14.4 Å². The number of alkyl carbamates (subject to hydrolysis) is 1. The topological polar surface area (TPSA) is 113 Å². The maximum atomic E-state index is 11.1. The average molecular weight is 231 g/mol. The lowest BCUT2D eigenvalue weighted by molar-refractivity contribution is -0.139. The zero-order chi connectivity index (χ0) is 12.6. The van der Waals surface area contributed by atoms with E-state index in [0.717, 1.165) is 0 Å². The highest BCUT2D eigenvalue weighted by atomic mass is 16.5. The van der Waals surface area contributed by atoms with Gasteiger partial charge in [-0.05, 0) is 0 Å². The number of aliphatic carboxylic acids is 1. The molecule has 0 rings (SSSR count). The highest BCUT2D eigenvalue weighted by molar-refractivity contribution is 5.91. The van der Waals surface area contributed by atoms with Crippen molar-refractivity contribution < 1.29 is 29.3 Å². The van der Waals surface area contributed by atoms with Gasteiger partial charge < -0.3 is 20.3 Å². The molecule has 0 aromatic heterocycles. The zero-order valence-electron chi connectivity index (χ0n) is 8.51. The minimum Gasteiger partial charge on any atom is -0.481 e. The third kappa shape index (κ3) is 5.76. The molecule has 0 heterocycles. The summed E-state index contributed by atoms with van der Waals surface area (Å²) < 4.78 is 4.50. The molecule has 7 nitrogen and oxygen atoms in total. The van der Waals surface area contributed by atoms with E-state index < -0.39 is 36.9 Å². The van der Waals surface area contributed by atoms with Gasteiger partial charge in [0.05, 0.1) is 6.42 Å². The molecule has 0 aliphatic rings. The van der Waals surface area contributed by atoms with Crippen molar-refractivity contribution in [3.63, 3.8) is 0 Å². The Balaban J connectivity index is 4.30. The van der Waals surface area contributed by atoms with Gasteiger partial charge in [-0.25, -0.2) is 4.79 Å². The maximum absolute atomic E-state index is 11.1. The number of ketones is 1. The fourth-order valence-electron chi connectivity index (χ4n) is 0.849. The van der Waals surface area contributed by atoms with E-state index in [1.807, 2.05) is 5.32 Å². The number of nitrogens with one attached hydrogen (secondary N) is 1. The van der Waals surface area contributed by atoms with Crippen LogP contribution >= 0.6 is 0 Å². The number of aliphatic hydroxyl groups is 1. The molecule has 0 saturated carbocycles. The number of carboxylic acid groups (broad SMARTS) is 1. The fraction of sp³-hybridized carbons (Fsp3) is 0.444. The summed E-state index contributed by atoms with van der Waals surface area (Å²) in [7, 11) is 0. The Labute approximate surface area is 91.7 Å². The monoisotopic (exact) mass is 231 g/mol. The lowest BCUT2D eigenvalue weighted by Gasteiger charge is -2.13. The summed E-state index contributed by atoms with van der Waals surface area (Å²) >= 11 is 0. The van der Waals surface area contributed by atoms with Crippen LogP contribution in [0.5, 0.6) is 0 Å². The lowest BCUT2D eigenvalue weighted by Crippen LogP contribution is -2.43. The fourth-order valence-corrected chi connectivity index (χ4v) is 0.849. The normalized spacial score (nSPS) is 11.3. The summed E-state index contributed by atoms with van der Waals surface area (Å²) in [4.78, 5) is 32.4. The third-order valence-electron chi connectivity index (χ3n) is 1.55. The number of rotatable bonds is 7. The number of carbonyl (C=O) groups excluding carboxylic acids is 2. The van der Waals surface area contributed by atoms with Crippen molar-refractivity contribution in [1.82, 2.24) is 5.32 Å². The van der Waals surface area contributed by atoms with Crippen molar-refractivity contribution in [3.8, 4) is 0 Å². The molecule has 3 N–H and O–H groups in total. The SMILES string of the molecule is C=CCOC(=O)N[C@@H](CC(=O)O)C(=O)CO. The molecule has 0 aromatic carbocycles.